The van der Waals surface area contributed by atoms with E-state index in [1.165, 1.54) is 0 Å². The highest BCUT2D eigenvalue weighted by atomic mass is 35.5. The van der Waals surface area contributed by atoms with Crippen LogP contribution in [0.4, 0.5) is 5.69 Å². The number of nitrogens with one attached hydrogen (secondary N) is 1. The molecule has 0 unspecified atom stereocenters. The molecule has 0 amide bonds. The lowest BCUT2D eigenvalue weighted by Gasteiger charge is -2.11. The van der Waals surface area contributed by atoms with Crippen LogP contribution in [0.1, 0.15) is 12.5 Å². The molecule has 0 heterocycles. The van der Waals surface area contributed by atoms with Crippen LogP contribution in [0.25, 0.3) is 5.70 Å². The Hall–Kier alpha value is -1.32. The van der Waals surface area contributed by atoms with E-state index in [4.69, 9.17) is 23.2 Å². The molecule has 3 nitrogen and oxygen atoms in total. The van der Waals surface area contributed by atoms with Crippen LogP contribution in [0.3, 0.4) is 0 Å². The van der Waals surface area contributed by atoms with Gasteiger partial charge >= 0.3 is 0 Å². The summed E-state index contributed by atoms with van der Waals surface area (Å²) in [5, 5.41) is 3.71. The highest BCUT2D eigenvalue weighted by molar-refractivity contribution is 6.42. The van der Waals surface area contributed by atoms with E-state index in [1.54, 1.807) is 25.3 Å². The van der Waals surface area contributed by atoms with Gasteiger partial charge < -0.3 is 10.1 Å². The van der Waals surface area contributed by atoms with E-state index < -0.39 is 0 Å². The molecule has 1 N–H and O–H groups in total. The first-order valence-corrected chi connectivity index (χ1v) is 5.70. The van der Waals surface area contributed by atoms with Gasteiger partial charge in [-0.05, 0) is 19.1 Å². The zero-order valence-electron chi connectivity index (χ0n) is 9.34. The van der Waals surface area contributed by atoms with Crippen LogP contribution in [0.2, 0.25) is 10.0 Å². The monoisotopic (exact) mass is 270 g/mol. The van der Waals surface area contributed by atoms with Gasteiger partial charge in [-0.3, -0.25) is 4.99 Å². The van der Waals surface area contributed by atoms with Crippen molar-refractivity contribution in [1.82, 2.24) is 5.32 Å². The molecule has 0 fully saturated rings. The highest BCUT2D eigenvalue weighted by Crippen LogP contribution is 2.33. The van der Waals surface area contributed by atoms with Crippen molar-refractivity contribution in [2.45, 2.75) is 6.92 Å². The zero-order valence-corrected chi connectivity index (χ0v) is 10.8. The molecule has 90 valence electrons. The fraction of sp³-hybridized carbons (Fsp3) is 0.167. The van der Waals surface area contributed by atoms with Crippen molar-refractivity contribution in [2.24, 2.45) is 4.99 Å². The summed E-state index contributed by atoms with van der Waals surface area (Å²) < 4.78 is 0. The van der Waals surface area contributed by atoms with Gasteiger partial charge in [0.25, 0.3) is 0 Å². The quantitative estimate of drug-likeness (QED) is 0.658. The van der Waals surface area contributed by atoms with E-state index in [0.717, 1.165) is 11.8 Å². The third-order valence-corrected chi connectivity index (χ3v) is 2.75. The van der Waals surface area contributed by atoms with E-state index in [1.807, 2.05) is 0 Å². The van der Waals surface area contributed by atoms with E-state index in [2.05, 4.69) is 16.9 Å². The average molecular weight is 271 g/mol. The van der Waals surface area contributed by atoms with Gasteiger partial charge in [-0.15, -0.1) is 0 Å². The van der Waals surface area contributed by atoms with Gasteiger partial charge in [0.1, 0.15) is 6.29 Å². The minimum Gasteiger partial charge on any atom is -0.378 e. The van der Waals surface area contributed by atoms with Crippen LogP contribution in [0.5, 0.6) is 0 Å². The molecular weight excluding hydrogens is 259 g/mol. The SMILES string of the molecule is C=C(NCC=O)c1cc(Cl)c(Cl)cc1N=CC. The fourth-order valence-corrected chi connectivity index (χ4v) is 1.61. The Labute approximate surface area is 110 Å². The number of aldehydes is 1. The minimum atomic E-state index is 0.189. The van der Waals surface area contributed by atoms with E-state index in [0.29, 0.717) is 21.4 Å². The van der Waals surface area contributed by atoms with Crippen LogP contribution in [-0.2, 0) is 4.79 Å². The number of hydrogen-bond acceptors (Lipinski definition) is 3. The molecular formula is C12H12Cl2N2O. The lowest BCUT2D eigenvalue weighted by atomic mass is 10.1. The Balaban J connectivity index is 3.15. The van der Waals surface area contributed by atoms with Crippen molar-refractivity contribution in [1.29, 1.82) is 0 Å². The highest BCUT2D eigenvalue weighted by Gasteiger charge is 2.09. The van der Waals surface area contributed by atoms with Gasteiger partial charge in [-0.25, -0.2) is 0 Å². The van der Waals surface area contributed by atoms with Crippen molar-refractivity contribution in [3.8, 4) is 0 Å². The molecule has 0 aromatic heterocycles. The molecule has 0 aliphatic heterocycles. The second kappa shape index (κ2) is 6.42. The van der Waals surface area contributed by atoms with E-state index in [-0.39, 0.29) is 6.54 Å². The van der Waals surface area contributed by atoms with Crippen LogP contribution >= 0.6 is 23.2 Å². The molecule has 1 rings (SSSR count). The maximum absolute atomic E-state index is 10.3. The number of nitrogens with zero attached hydrogens (tertiary/aromatic N) is 1. The summed E-state index contributed by atoms with van der Waals surface area (Å²) in [4.78, 5) is 14.5. The smallest absolute Gasteiger partial charge is 0.139 e. The molecule has 0 aliphatic rings. The predicted molar refractivity (Wildman–Crippen MR) is 73.4 cm³/mol. The number of carbonyl (C=O) groups excluding carboxylic acids is 1. The Morgan fingerprint density at radius 2 is 2.12 bits per heavy atom. The molecule has 0 spiro atoms. The first-order chi connectivity index (χ1) is 8.10. The molecule has 0 bridgehead atoms. The number of hydrogen-bond donors (Lipinski definition) is 1. The summed E-state index contributed by atoms with van der Waals surface area (Å²) >= 11 is 11.9. The van der Waals surface area contributed by atoms with Crippen molar-refractivity contribution in [3.63, 3.8) is 0 Å². The second-order valence-corrected chi connectivity index (χ2v) is 4.01. The van der Waals surface area contributed by atoms with Crippen LogP contribution in [0.15, 0.2) is 23.7 Å². The minimum absolute atomic E-state index is 0.189. The van der Waals surface area contributed by atoms with E-state index in [9.17, 15) is 4.79 Å². The lowest BCUT2D eigenvalue weighted by molar-refractivity contribution is -0.107. The molecule has 1 aromatic rings. The first kappa shape index (κ1) is 13.7. The number of benzene rings is 1. The molecule has 0 aliphatic carbocycles. The Kier molecular flexibility index (Phi) is 5.19. The summed E-state index contributed by atoms with van der Waals surface area (Å²) in [6, 6.07) is 3.33. The second-order valence-electron chi connectivity index (χ2n) is 3.20. The third kappa shape index (κ3) is 3.58. The van der Waals surface area contributed by atoms with Crippen molar-refractivity contribution in [2.75, 3.05) is 6.54 Å². The Bertz CT molecular complexity index is 470. The molecule has 0 atom stereocenters. The zero-order chi connectivity index (χ0) is 12.8. The largest absolute Gasteiger partial charge is 0.378 e. The third-order valence-electron chi connectivity index (χ3n) is 2.03. The standard InChI is InChI=1S/C12H12Cl2N2O/c1-3-15-12-7-11(14)10(13)6-9(12)8(2)16-4-5-17/h3,5-7,16H,2,4H2,1H3. The van der Waals surface area contributed by atoms with Gasteiger partial charge in [0, 0.05) is 17.5 Å². The average Bonchev–Trinajstić information content (AvgIpc) is 2.30. The topological polar surface area (TPSA) is 41.5 Å². The Morgan fingerprint density at radius 3 is 2.71 bits per heavy atom. The van der Waals surface area contributed by atoms with Crippen LogP contribution in [-0.4, -0.2) is 19.0 Å². The lowest BCUT2D eigenvalue weighted by Crippen LogP contribution is -2.13. The van der Waals surface area contributed by atoms with Crippen LogP contribution in [0, 0.1) is 0 Å². The predicted octanol–water partition coefficient (Wildman–Crippen LogP) is 3.47. The maximum atomic E-state index is 10.3. The normalized spacial score (nSPS) is 10.5. The number of aliphatic imine (C=N–C) groups is 1. The number of halogens is 2. The van der Waals surface area contributed by atoms with Gasteiger partial charge in [-0.2, -0.15) is 0 Å². The van der Waals surface area contributed by atoms with Gasteiger partial charge in [0.15, 0.2) is 0 Å². The summed E-state index contributed by atoms with van der Waals surface area (Å²) in [7, 11) is 0. The van der Waals surface area contributed by atoms with Crippen molar-refractivity contribution in [3.05, 3.63) is 34.3 Å². The fourth-order valence-electron chi connectivity index (χ4n) is 1.28. The van der Waals surface area contributed by atoms with E-state index >= 15 is 0 Å². The Morgan fingerprint density at radius 1 is 1.47 bits per heavy atom. The van der Waals surface area contributed by atoms with Crippen LogP contribution < -0.4 is 5.32 Å². The molecule has 5 heteroatoms. The molecule has 1 aromatic carbocycles. The van der Waals surface area contributed by atoms with Gasteiger partial charge in [0.05, 0.1) is 22.3 Å². The summed E-state index contributed by atoms with van der Waals surface area (Å²) in [6.45, 7) is 5.82. The summed E-state index contributed by atoms with van der Waals surface area (Å²) in [6.07, 6.45) is 2.40. The number of rotatable bonds is 5. The molecule has 17 heavy (non-hydrogen) atoms. The maximum Gasteiger partial charge on any atom is 0.139 e. The summed E-state index contributed by atoms with van der Waals surface area (Å²) in [5.41, 5.74) is 1.96. The number of carbonyl (C=O) groups is 1. The first-order valence-electron chi connectivity index (χ1n) is 4.94. The van der Waals surface area contributed by atoms with Gasteiger partial charge in [0.2, 0.25) is 0 Å². The molecule has 0 radical (unpaired) electrons. The molecule has 0 saturated heterocycles. The van der Waals surface area contributed by atoms with Gasteiger partial charge in [-0.1, -0.05) is 29.8 Å². The molecule has 0 saturated carbocycles. The summed E-state index contributed by atoms with van der Waals surface area (Å²) in [5.74, 6) is 0. The van der Waals surface area contributed by atoms with Crippen molar-refractivity contribution < 1.29 is 4.79 Å². The van der Waals surface area contributed by atoms with Crippen molar-refractivity contribution >= 4 is 47.1 Å².